The zero-order valence-corrected chi connectivity index (χ0v) is 17.2. The highest BCUT2D eigenvalue weighted by Crippen LogP contribution is 2.31. The number of alkyl halides is 2. The number of halogens is 4. The highest BCUT2D eigenvalue weighted by atomic mass is 35.5. The minimum absolute atomic E-state index is 0.0120. The second kappa shape index (κ2) is 8.83. The number of sulfonamides is 1. The molecule has 1 saturated heterocycles. The summed E-state index contributed by atoms with van der Waals surface area (Å²) in [6.07, 6.45) is 0. The maximum Gasteiger partial charge on any atom is 0.387 e. The van der Waals surface area contributed by atoms with E-state index < -0.39 is 22.5 Å². The van der Waals surface area contributed by atoms with Crippen molar-refractivity contribution in [3.63, 3.8) is 0 Å². The first-order valence-electron chi connectivity index (χ1n) is 8.49. The monoisotopic (exact) mass is 464 g/mol. The van der Waals surface area contributed by atoms with Crippen molar-refractivity contribution in [2.45, 2.75) is 11.5 Å². The van der Waals surface area contributed by atoms with E-state index in [1.54, 1.807) is 0 Å². The average molecular weight is 465 g/mol. The number of benzene rings is 2. The molecule has 3 rings (SSSR count). The van der Waals surface area contributed by atoms with Gasteiger partial charge < -0.3 is 9.64 Å². The quantitative estimate of drug-likeness (QED) is 0.675. The van der Waals surface area contributed by atoms with Gasteiger partial charge in [-0.3, -0.25) is 4.79 Å². The van der Waals surface area contributed by atoms with E-state index in [1.807, 2.05) is 0 Å². The topological polar surface area (TPSA) is 66.9 Å². The smallest absolute Gasteiger partial charge is 0.387 e. The van der Waals surface area contributed by atoms with Gasteiger partial charge in [0.2, 0.25) is 10.0 Å². The Labute approximate surface area is 176 Å². The Kier molecular flexibility index (Phi) is 6.62. The molecule has 0 N–H and O–H groups in total. The summed E-state index contributed by atoms with van der Waals surface area (Å²) in [6, 6.07) is 10.0. The molecule has 29 heavy (non-hydrogen) atoms. The molecular weight excluding hydrogens is 449 g/mol. The van der Waals surface area contributed by atoms with E-state index in [2.05, 4.69) is 4.74 Å². The summed E-state index contributed by atoms with van der Waals surface area (Å²) < 4.78 is 56.5. The van der Waals surface area contributed by atoms with Crippen molar-refractivity contribution >= 4 is 39.1 Å². The van der Waals surface area contributed by atoms with Gasteiger partial charge in [-0.1, -0.05) is 41.4 Å². The van der Waals surface area contributed by atoms with E-state index in [0.29, 0.717) is 0 Å². The Morgan fingerprint density at radius 3 is 2.31 bits per heavy atom. The summed E-state index contributed by atoms with van der Waals surface area (Å²) in [4.78, 5) is 14.0. The summed E-state index contributed by atoms with van der Waals surface area (Å²) in [5, 5.41) is 0.0583. The summed E-state index contributed by atoms with van der Waals surface area (Å²) in [7, 11) is -3.90. The third-order valence-corrected chi connectivity index (χ3v) is 7.27. The van der Waals surface area contributed by atoms with Gasteiger partial charge in [-0.15, -0.1) is 0 Å². The maximum atomic E-state index is 12.9. The number of hydrogen-bond donors (Lipinski definition) is 0. The van der Waals surface area contributed by atoms with Crippen LogP contribution in [0.1, 0.15) is 10.4 Å². The highest BCUT2D eigenvalue weighted by Gasteiger charge is 2.32. The van der Waals surface area contributed by atoms with Crippen LogP contribution in [0.4, 0.5) is 8.78 Å². The van der Waals surface area contributed by atoms with Gasteiger partial charge in [-0.05, 0) is 24.3 Å². The lowest BCUT2D eigenvalue weighted by Gasteiger charge is -2.34. The number of carbonyl (C=O) groups excluding carboxylic acids is 1. The Balaban J connectivity index is 1.74. The van der Waals surface area contributed by atoms with Crippen molar-refractivity contribution in [2.24, 2.45) is 0 Å². The Morgan fingerprint density at radius 2 is 1.66 bits per heavy atom. The van der Waals surface area contributed by atoms with E-state index in [-0.39, 0.29) is 52.4 Å². The molecule has 1 amide bonds. The summed E-state index contributed by atoms with van der Waals surface area (Å²) in [5.41, 5.74) is -0.0120. The van der Waals surface area contributed by atoms with Crippen LogP contribution in [0.3, 0.4) is 0 Å². The fourth-order valence-corrected chi connectivity index (χ4v) is 5.12. The van der Waals surface area contributed by atoms with Gasteiger partial charge in [0.15, 0.2) is 0 Å². The molecule has 0 atom stereocenters. The van der Waals surface area contributed by atoms with Gasteiger partial charge in [-0.25, -0.2) is 8.42 Å². The first kappa shape index (κ1) is 21.8. The Morgan fingerprint density at radius 1 is 1.00 bits per heavy atom. The molecule has 0 aliphatic carbocycles. The van der Waals surface area contributed by atoms with Gasteiger partial charge >= 0.3 is 6.61 Å². The van der Waals surface area contributed by atoms with E-state index in [1.165, 1.54) is 51.7 Å². The molecule has 0 saturated carbocycles. The number of rotatable bonds is 5. The molecule has 0 bridgehead atoms. The molecule has 6 nitrogen and oxygen atoms in total. The molecule has 0 unspecified atom stereocenters. The number of hydrogen-bond acceptors (Lipinski definition) is 4. The van der Waals surface area contributed by atoms with Gasteiger partial charge in [0.1, 0.15) is 10.6 Å². The summed E-state index contributed by atoms with van der Waals surface area (Å²) >= 11 is 11.9. The zero-order valence-electron chi connectivity index (χ0n) is 14.9. The normalized spacial score (nSPS) is 15.6. The summed E-state index contributed by atoms with van der Waals surface area (Å²) in [5.74, 6) is -0.743. The highest BCUT2D eigenvalue weighted by molar-refractivity contribution is 7.89. The fourth-order valence-electron chi connectivity index (χ4n) is 2.97. The lowest BCUT2D eigenvalue weighted by atomic mass is 10.1. The zero-order chi connectivity index (χ0) is 21.2. The largest absolute Gasteiger partial charge is 0.434 e. The lowest BCUT2D eigenvalue weighted by molar-refractivity contribution is -0.0503. The van der Waals surface area contributed by atoms with Crippen molar-refractivity contribution in [2.75, 3.05) is 26.2 Å². The lowest BCUT2D eigenvalue weighted by Crippen LogP contribution is -2.50. The molecule has 1 aliphatic rings. The van der Waals surface area contributed by atoms with Crippen LogP contribution in [0.2, 0.25) is 10.0 Å². The van der Waals surface area contributed by atoms with Crippen molar-refractivity contribution in [3.05, 3.63) is 58.1 Å². The summed E-state index contributed by atoms with van der Waals surface area (Å²) in [6.45, 7) is -2.85. The standard InChI is InChI=1S/C18H16Cl2F2N2O4S/c19-13-5-3-7-15(16(13)20)29(26,27)24-10-8-23(9-11-24)17(25)12-4-1-2-6-14(12)28-18(21)22/h1-7,18H,8-11H2. The Hall–Kier alpha value is -1.94. The molecular formula is C18H16Cl2F2N2O4S. The van der Waals surface area contributed by atoms with Crippen LogP contribution in [0, 0.1) is 0 Å². The molecule has 0 spiro atoms. The van der Waals surface area contributed by atoms with Gasteiger partial charge in [-0.2, -0.15) is 13.1 Å². The molecule has 0 radical (unpaired) electrons. The number of carbonyl (C=O) groups is 1. The van der Waals surface area contributed by atoms with Crippen LogP contribution in [-0.4, -0.2) is 56.3 Å². The van der Waals surface area contributed by atoms with Crippen LogP contribution in [0.15, 0.2) is 47.4 Å². The van der Waals surface area contributed by atoms with Gasteiger partial charge in [0.05, 0.1) is 15.6 Å². The van der Waals surface area contributed by atoms with Crippen LogP contribution >= 0.6 is 23.2 Å². The van der Waals surface area contributed by atoms with E-state index >= 15 is 0 Å². The second-order valence-electron chi connectivity index (χ2n) is 6.12. The first-order valence-corrected chi connectivity index (χ1v) is 10.7. The first-order chi connectivity index (χ1) is 13.7. The fraction of sp³-hybridized carbons (Fsp3) is 0.278. The number of para-hydroxylation sites is 1. The number of piperazine rings is 1. The minimum atomic E-state index is -3.90. The molecule has 1 aliphatic heterocycles. The molecule has 1 fully saturated rings. The molecule has 11 heteroatoms. The second-order valence-corrected chi connectivity index (χ2v) is 8.81. The molecule has 156 valence electrons. The SMILES string of the molecule is O=C(c1ccccc1OC(F)F)N1CCN(S(=O)(=O)c2cccc(Cl)c2Cl)CC1. The minimum Gasteiger partial charge on any atom is -0.434 e. The number of amides is 1. The number of nitrogens with zero attached hydrogens (tertiary/aromatic N) is 2. The van der Waals surface area contributed by atoms with E-state index in [9.17, 15) is 22.0 Å². The van der Waals surface area contributed by atoms with Crippen molar-refractivity contribution in [1.29, 1.82) is 0 Å². The maximum absolute atomic E-state index is 12.9. The molecule has 2 aromatic carbocycles. The number of ether oxygens (including phenoxy) is 1. The van der Waals surface area contributed by atoms with Crippen molar-refractivity contribution < 1.29 is 26.7 Å². The van der Waals surface area contributed by atoms with Crippen LogP contribution < -0.4 is 4.74 Å². The van der Waals surface area contributed by atoms with Crippen molar-refractivity contribution in [3.8, 4) is 5.75 Å². The van der Waals surface area contributed by atoms with Crippen LogP contribution in [0.5, 0.6) is 5.75 Å². The van der Waals surface area contributed by atoms with E-state index in [0.717, 1.165) is 0 Å². The third kappa shape index (κ3) is 4.63. The van der Waals surface area contributed by atoms with Gasteiger partial charge in [0.25, 0.3) is 5.91 Å². The average Bonchev–Trinajstić information content (AvgIpc) is 2.69. The molecule has 2 aromatic rings. The Bertz CT molecular complexity index is 1010. The molecule has 0 aromatic heterocycles. The van der Waals surface area contributed by atoms with Crippen LogP contribution in [-0.2, 0) is 10.0 Å². The van der Waals surface area contributed by atoms with Crippen molar-refractivity contribution in [1.82, 2.24) is 9.21 Å². The van der Waals surface area contributed by atoms with E-state index in [4.69, 9.17) is 23.2 Å². The van der Waals surface area contributed by atoms with Crippen LogP contribution in [0.25, 0.3) is 0 Å². The predicted molar refractivity (Wildman–Crippen MR) is 104 cm³/mol. The van der Waals surface area contributed by atoms with Gasteiger partial charge in [0, 0.05) is 26.2 Å². The third-order valence-electron chi connectivity index (χ3n) is 4.39. The molecule has 1 heterocycles. The predicted octanol–water partition coefficient (Wildman–Crippen LogP) is 3.74.